The number of ether oxygens (including phenoxy) is 1. The summed E-state index contributed by atoms with van der Waals surface area (Å²) in [5.74, 6) is 0.449. The standard InChI is InChI=1S/C17H26N4O3/c1-17(2,3)24-16(23)20-9-8-12-13(10-20)19-21(14(12)18)15(22)11-6-4-5-7-11/h11H,4-10,18H2,1-3H3. The van der Waals surface area contributed by atoms with Crippen molar-refractivity contribution in [2.45, 2.75) is 65.0 Å². The maximum atomic E-state index is 12.6. The molecule has 1 aromatic heterocycles. The van der Waals surface area contributed by atoms with Gasteiger partial charge in [-0.15, -0.1) is 0 Å². The van der Waals surface area contributed by atoms with Gasteiger partial charge in [-0.05, 0) is 40.0 Å². The van der Waals surface area contributed by atoms with Crippen LogP contribution in [0.1, 0.15) is 62.5 Å². The zero-order chi connectivity index (χ0) is 17.5. The first-order valence-corrected chi connectivity index (χ1v) is 8.64. The van der Waals surface area contributed by atoms with Crippen LogP contribution in [0.15, 0.2) is 0 Å². The number of fused-ring (bicyclic) bond motifs is 1. The Morgan fingerprint density at radius 2 is 1.92 bits per heavy atom. The summed E-state index contributed by atoms with van der Waals surface area (Å²) in [5.41, 5.74) is 7.22. The number of nitrogens with two attached hydrogens (primary N) is 1. The van der Waals surface area contributed by atoms with Crippen molar-refractivity contribution in [3.63, 3.8) is 0 Å². The van der Waals surface area contributed by atoms with Crippen LogP contribution in [-0.2, 0) is 17.7 Å². The lowest BCUT2D eigenvalue weighted by atomic mass is 10.1. The predicted octanol–water partition coefficient (Wildman–Crippen LogP) is 2.59. The van der Waals surface area contributed by atoms with E-state index in [0.717, 1.165) is 31.2 Å². The van der Waals surface area contributed by atoms with E-state index in [2.05, 4.69) is 5.10 Å². The van der Waals surface area contributed by atoms with Crippen molar-refractivity contribution >= 4 is 17.8 Å². The van der Waals surface area contributed by atoms with Gasteiger partial charge in [0.05, 0.1) is 12.2 Å². The largest absolute Gasteiger partial charge is 0.444 e. The molecule has 1 aliphatic carbocycles. The van der Waals surface area contributed by atoms with E-state index < -0.39 is 5.60 Å². The maximum absolute atomic E-state index is 12.6. The first kappa shape index (κ1) is 16.8. The molecule has 1 fully saturated rings. The molecule has 0 atom stereocenters. The van der Waals surface area contributed by atoms with Gasteiger partial charge in [0.2, 0.25) is 0 Å². The van der Waals surface area contributed by atoms with Gasteiger partial charge < -0.3 is 15.4 Å². The van der Waals surface area contributed by atoms with Gasteiger partial charge in [-0.2, -0.15) is 9.78 Å². The number of rotatable bonds is 1. The van der Waals surface area contributed by atoms with Crippen molar-refractivity contribution in [1.29, 1.82) is 0 Å². The molecule has 0 saturated heterocycles. The van der Waals surface area contributed by atoms with E-state index in [1.807, 2.05) is 20.8 Å². The van der Waals surface area contributed by atoms with Gasteiger partial charge in [0, 0.05) is 18.0 Å². The van der Waals surface area contributed by atoms with Crippen LogP contribution >= 0.6 is 0 Å². The average molecular weight is 334 g/mol. The van der Waals surface area contributed by atoms with Crippen molar-refractivity contribution in [3.8, 4) is 0 Å². The summed E-state index contributed by atoms with van der Waals surface area (Å²) in [7, 11) is 0. The number of hydrogen-bond donors (Lipinski definition) is 1. The van der Waals surface area contributed by atoms with Gasteiger partial charge in [0.15, 0.2) is 0 Å². The van der Waals surface area contributed by atoms with E-state index in [9.17, 15) is 9.59 Å². The zero-order valence-corrected chi connectivity index (χ0v) is 14.7. The van der Waals surface area contributed by atoms with E-state index in [1.54, 1.807) is 4.90 Å². The van der Waals surface area contributed by atoms with Gasteiger partial charge in [-0.1, -0.05) is 12.8 Å². The molecule has 0 aromatic carbocycles. The number of anilines is 1. The van der Waals surface area contributed by atoms with Crippen LogP contribution < -0.4 is 5.73 Å². The van der Waals surface area contributed by atoms with Crippen LogP contribution in [0.5, 0.6) is 0 Å². The SMILES string of the molecule is CC(C)(C)OC(=O)N1CCc2c(nn(C(=O)C3CCCC3)c2N)C1. The van der Waals surface area contributed by atoms with Crippen molar-refractivity contribution in [2.24, 2.45) is 5.92 Å². The minimum atomic E-state index is -0.534. The zero-order valence-electron chi connectivity index (χ0n) is 14.7. The summed E-state index contributed by atoms with van der Waals surface area (Å²) in [5, 5.41) is 4.42. The highest BCUT2D eigenvalue weighted by atomic mass is 16.6. The Kier molecular flexibility index (Phi) is 4.27. The highest BCUT2D eigenvalue weighted by molar-refractivity contribution is 5.84. The second kappa shape index (κ2) is 6.11. The molecule has 1 saturated carbocycles. The second-order valence-electron chi connectivity index (χ2n) is 7.69. The number of carbonyl (C=O) groups is 2. The molecular formula is C17H26N4O3. The van der Waals surface area contributed by atoms with Crippen LogP contribution in [0.2, 0.25) is 0 Å². The molecule has 0 unspecified atom stereocenters. The van der Waals surface area contributed by atoms with Crippen molar-refractivity contribution in [3.05, 3.63) is 11.3 Å². The number of hydrogen-bond acceptors (Lipinski definition) is 5. The molecule has 24 heavy (non-hydrogen) atoms. The van der Waals surface area contributed by atoms with Crippen LogP contribution in [0.25, 0.3) is 0 Å². The quantitative estimate of drug-likeness (QED) is 0.852. The summed E-state index contributed by atoms with van der Waals surface area (Å²) < 4.78 is 6.77. The number of amides is 1. The predicted molar refractivity (Wildman–Crippen MR) is 89.6 cm³/mol. The number of nitrogen functional groups attached to an aromatic ring is 1. The smallest absolute Gasteiger partial charge is 0.410 e. The fourth-order valence-electron chi connectivity index (χ4n) is 3.41. The molecule has 3 rings (SSSR count). The summed E-state index contributed by atoms with van der Waals surface area (Å²) >= 11 is 0. The molecule has 1 aliphatic heterocycles. The van der Waals surface area contributed by atoms with E-state index in [0.29, 0.717) is 31.0 Å². The second-order valence-corrected chi connectivity index (χ2v) is 7.69. The summed E-state index contributed by atoms with van der Waals surface area (Å²) in [6, 6.07) is 0. The summed E-state index contributed by atoms with van der Waals surface area (Å²) in [6.07, 6.45) is 4.23. The first-order chi connectivity index (χ1) is 11.3. The molecule has 7 heteroatoms. The van der Waals surface area contributed by atoms with Gasteiger partial charge in [-0.25, -0.2) is 4.79 Å². The Labute approximate surface area is 142 Å². The summed E-state index contributed by atoms with van der Waals surface area (Å²) in [4.78, 5) is 26.4. The van der Waals surface area contributed by atoms with E-state index >= 15 is 0 Å². The van der Waals surface area contributed by atoms with Gasteiger partial charge >= 0.3 is 6.09 Å². The van der Waals surface area contributed by atoms with Gasteiger partial charge in [-0.3, -0.25) is 4.79 Å². The van der Waals surface area contributed by atoms with Crippen molar-refractivity contribution in [1.82, 2.24) is 14.7 Å². The molecule has 2 N–H and O–H groups in total. The third-order valence-electron chi connectivity index (χ3n) is 4.64. The molecule has 1 amide bonds. The van der Waals surface area contributed by atoms with Crippen LogP contribution in [-0.4, -0.2) is 38.8 Å². The molecule has 0 radical (unpaired) electrons. The Morgan fingerprint density at radius 1 is 1.25 bits per heavy atom. The number of nitrogens with zero attached hydrogens (tertiary/aromatic N) is 3. The molecule has 1 aromatic rings. The molecule has 2 heterocycles. The molecular weight excluding hydrogens is 308 g/mol. The fourth-order valence-corrected chi connectivity index (χ4v) is 3.41. The molecule has 132 valence electrons. The van der Waals surface area contributed by atoms with Crippen LogP contribution in [0, 0.1) is 5.92 Å². The van der Waals surface area contributed by atoms with E-state index in [4.69, 9.17) is 10.5 Å². The van der Waals surface area contributed by atoms with Crippen LogP contribution in [0.3, 0.4) is 0 Å². The average Bonchev–Trinajstić information content (AvgIpc) is 3.13. The molecule has 0 spiro atoms. The van der Waals surface area contributed by atoms with E-state index in [1.165, 1.54) is 4.68 Å². The Bertz CT molecular complexity index is 654. The number of aromatic nitrogens is 2. The Balaban J connectivity index is 1.76. The van der Waals surface area contributed by atoms with Gasteiger partial charge in [0.1, 0.15) is 11.4 Å². The van der Waals surface area contributed by atoms with E-state index in [-0.39, 0.29) is 17.9 Å². The lowest BCUT2D eigenvalue weighted by Crippen LogP contribution is -2.39. The van der Waals surface area contributed by atoms with Crippen molar-refractivity contribution < 1.29 is 14.3 Å². The topological polar surface area (TPSA) is 90.5 Å². The molecule has 2 aliphatic rings. The fraction of sp³-hybridized carbons (Fsp3) is 0.706. The minimum Gasteiger partial charge on any atom is -0.444 e. The Morgan fingerprint density at radius 3 is 2.54 bits per heavy atom. The maximum Gasteiger partial charge on any atom is 0.410 e. The third kappa shape index (κ3) is 3.25. The first-order valence-electron chi connectivity index (χ1n) is 8.64. The monoisotopic (exact) mass is 334 g/mol. The Hall–Kier alpha value is -2.05. The van der Waals surface area contributed by atoms with Crippen molar-refractivity contribution in [2.75, 3.05) is 12.3 Å². The number of carbonyl (C=O) groups excluding carboxylic acids is 2. The third-order valence-corrected chi connectivity index (χ3v) is 4.64. The molecule has 7 nitrogen and oxygen atoms in total. The normalized spacial score (nSPS) is 18.5. The molecule has 0 bridgehead atoms. The highest BCUT2D eigenvalue weighted by Crippen LogP contribution is 2.30. The lowest BCUT2D eigenvalue weighted by Gasteiger charge is -2.29. The van der Waals surface area contributed by atoms with Crippen LogP contribution in [0.4, 0.5) is 10.6 Å². The minimum absolute atomic E-state index is 0.0109. The van der Waals surface area contributed by atoms with Gasteiger partial charge in [0.25, 0.3) is 5.91 Å². The summed E-state index contributed by atoms with van der Waals surface area (Å²) in [6.45, 7) is 6.38. The lowest BCUT2D eigenvalue weighted by molar-refractivity contribution is 0.0221. The highest BCUT2D eigenvalue weighted by Gasteiger charge is 2.32.